The van der Waals surface area contributed by atoms with Crippen LogP contribution >= 0.6 is 0 Å². The molecule has 1 amide bonds. The molecule has 0 saturated carbocycles. The molecular formula is C19H22N2O2. The summed E-state index contributed by atoms with van der Waals surface area (Å²) in [6.07, 6.45) is -0.0968. The van der Waals surface area contributed by atoms with Crippen molar-refractivity contribution in [3.8, 4) is 0 Å². The molecule has 1 saturated heterocycles. The predicted molar refractivity (Wildman–Crippen MR) is 89.7 cm³/mol. The average molecular weight is 310 g/mol. The molecule has 4 nitrogen and oxygen atoms in total. The molecule has 23 heavy (non-hydrogen) atoms. The number of rotatable bonds is 3. The summed E-state index contributed by atoms with van der Waals surface area (Å²) in [4.78, 5) is 14.8. The van der Waals surface area contributed by atoms with E-state index in [2.05, 4.69) is 0 Å². The summed E-state index contributed by atoms with van der Waals surface area (Å²) in [6.45, 7) is 3.40. The highest BCUT2D eigenvalue weighted by atomic mass is 16.5. The van der Waals surface area contributed by atoms with Gasteiger partial charge in [0.2, 0.25) is 5.91 Å². The summed E-state index contributed by atoms with van der Waals surface area (Å²) in [7, 11) is 0. The number of hydrogen-bond donors (Lipinski definition) is 1. The van der Waals surface area contributed by atoms with Gasteiger partial charge in [-0.3, -0.25) is 4.79 Å². The second kappa shape index (κ2) is 6.52. The molecule has 120 valence electrons. The summed E-state index contributed by atoms with van der Waals surface area (Å²) in [5.74, 6) is -0.0621. The first-order valence-corrected chi connectivity index (χ1v) is 7.89. The Balaban J connectivity index is 1.77. The number of morpholine rings is 1. The Labute approximate surface area is 136 Å². The minimum Gasteiger partial charge on any atom is -0.370 e. The fourth-order valence-electron chi connectivity index (χ4n) is 2.94. The lowest BCUT2D eigenvalue weighted by molar-refractivity contribution is -0.144. The van der Waals surface area contributed by atoms with Crippen LogP contribution in [0.4, 0.5) is 0 Å². The lowest BCUT2D eigenvalue weighted by atomic mass is 9.91. The number of carbonyl (C=O) groups excluding carboxylic acids is 1. The van der Waals surface area contributed by atoms with Gasteiger partial charge in [0.1, 0.15) is 11.6 Å². The first-order valence-electron chi connectivity index (χ1n) is 7.89. The second-order valence-corrected chi connectivity index (χ2v) is 6.09. The highest BCUT2D eigenvalue weighted by Crippen LogP contribution is 2.26. The minimum atomic E-state index is -1.03. The van der Waals surface area contributed by atoms with Crippen molar-refractivity contribution >= 4 is 5.91 Å². The molecule has 2 aromatic carbocycles. The van der Waals surface area contributed by atoms with Gasteiger partial charge in [-0.1, -0.05) is 60.7 Å². The van der Waals surface area contributed by atoms with Gasteiger partial charge in [-0.2, -0.15) is 0 Å². The Kier molecular flexibility index (Phi) is 4.46. The maximum Gasteiger partial charge on any atom is 0.247 e. The second-order valence-electron chi connectivity index (χ2n) is 6.09. The quantitative estimate of drug-likeness (QED) is 0.947. The molecule has 2 N–H and O–H groups in total. The zero-order valence-corrected chi connectivity index (χ0v) is 13.3. The Hall–Kier alpha value is -2.17. The number of ether oxygens (including phenoxy) is 1. The van der Waals surface area contributed by atoms with Crippen molar-refractivity contribution in [3.05, 3.63) is 71.8 Å². The zero-order chi connectivity index (χ0) is 16.3. The van der Waals surface area contributed by atoms with E-state index >= 15 is 0 Å². The molecule has 1 aliphatic heterocycles. The fraction of sp³-hybridized carbons (Fsp3) is 0.316. The van der Waals surface area contributed by atoms with Crippen LogP contribution in [0.3, 0.4) is 0 Å². The number of hydrogen-bond acceptors (Lipinski definition) is 3. The Morgan fingerprint density at radius 2 is 1.74 bits per heavy atom. The number of nitrogens with zero attached hydrogens (tertiary/aromatic N) is 1. The zero-order valence-electron chi connectivity index (χ0n) is 13.3. The molecular weight excluding hydrogens is 288 g/mol. The average Bonchev–Trinajstić information content (AvgIpc) is 2.62. The topological polar surface area (TPSA) is 55.6 Å². The molecule has 2 aromatic rings. The largest absolute Gasteiger partial charge is 0.370 e. The van der Waals surface area contributed by atoms with Crippen LogP contribution in [0.1, 0.15) is 24.2 Å². The first kappa shape index (κ1) is 15.7. The van der Waals surface area contributed by atoms with Crippen molar-refractivity contribution in [2.24, 2.45) is 5.73 Å². The third kappa shape index (κ3) is 3.28. The molecule has 0 aromatic heterocycles. The van der Waals surface area contributed by atoms with E-state index in [1.54, 1.807) is 6.92 Å². The number of nitrogens with two attached hydrogens (primary N) is 1. The van der Waals surface area contributed by atoms with Gasteiger partial charge in [0.05, 0.1) is 13.2 Å². The molecule has 1 heterocycles. The third-order valence-corrected chi connectivity index (χ3v) is 4.34. The van der Waals surface area contributed by atoms with Crippen molar-refractivity contribution in [1.29, 1.82) is 0 Å². The minimum absolute atomic E-state index is 0.0621. The SMILES string of the molecule is CC(N)(C(=O)N1CCOC(c2ccccc2)C1)c1ccccc1. The highest BCUT2D eigenvalue weighted by molar-refractivity contribution is 5.87. The predicted octanol–water partition coefficient (Wildman–Crippen LogP) is 2.46. The van der Waals surface area contributed by atoms with Crippen LogP contribution in [0.15, 0.2) is 60.7 Å². The number of carbonyl (C=O) groups is 1. The Morgan fingerprint density at radius 1 is 1.13 bits per heavy atom. The van der Waals surface area contributed by atoms with Gasteiger partial charge in [0.15, 0.2) is 0 Å². The van der Waals surface area contributed by atoms with E-state index in [9.17, 15) is 4.79 Å². The molecule has 0 radical (unpaired) electrons. The van der Waals surface area contributed by atoms with Crippen LogP contribution in [0.5, 0.6) is 0 Å². The maximum atomic E-state index is 12.9. The van der Waals surface area contributed by atoms with E-state index in [-0.39, 0.29) is 12.0 Å². The molecule has 2 atom stereocenters. The van der Waals surface area contributed by atoms with Gasteiger partial charge in [-0.05, 0) is 18.1 Å². The van der Waals surface area contributed by atoms with E-state index in [4.69, 9.17) is 10.5 Å². The van der Waals surface area contributed by atoms with E-state index < -0.39 is 5.54 Å². The van der Waals surface area contributed by atoms with E-state index in [1.165, 1.54) is 0 Å². The summed E-state index contributed by atoms with van der Waals surface area (Å²) in [5, 5.41) is 0. The summed E-state index contributed by atoms with van der Waals surface area (Å²) < 4.78 is 5.83. The molecule has 1 fully saturated rings. The molecule has 0 spiro atoms. The van der Waals surface area contributed by atoms with Crippen LogP contribution in [0.2, 0.25) is 0 Å². The molecule has 0 bridgehead atoms. The lowest BCUT2D eigenvalue weighted by Crippen LogP contribution is -2.54. The molecule has 0 aliphatic carbocycles. The summed E-state index contributed by atoms with van der Waals surface area (Å²) in [6, 6.07) is 19.5. The third-order valence-electron chi connectivity index (χ3n) is 4.34. The molecule has 1 aliphatic rings. The molecule has 4 heteroatoms. The normalized spacial score (nSPS) is 20.8. The van der Waals surface area contributed by atoms with E-state index in [1.807, 2.05) is 65.6 Å². The Bertz CT molecular complexity index is 656. The first-order chi connectivity index (χ1) is 11.1. The standard InChI is InChI=1S/C19H22N2O2/c1-19(20,16-10-6-3-7-11-16)18(22)21-12-13-23-17(14-21)15-8-4-2-5-9-15/h2-11,17H,12-14,20H2,1H3. The van der Waals surface area contributed by atoms with Crippen molar-refractivity contribution in [1.82, 2.24) is 4.90 Å². The van der Waals surface area contributed by atoms with E-state index in [0.29, 0.717) is 19.7 Å². The lowest BCUT2D eigenvalue weighted by Gasteiger charge is -2.37. The van der Waals surface area contributed by atoms with Crippen LogP contribution in [0.25, 0.3) is 0 Å². The van der Waals surface area contributed by atoms with Crippen molar-refractivity contribution in [3.63, 3.8) is 0 Å². The van der Waals surface area contributed by atoms with Crippen LogP contribution in [-0.4, -0.2) is 30.5 Å². The summed E-state index contributed by atoms with van der Waals surface area (Å²) >= 11 is 0. The number of benzene rings is 2. The molecule has 3 rings (SSSR count). The van der Waals surface area contributed by atoms with Crippen LogP contribution < -0.4 is 5.73 Å². The Morgan fingerprint density at radius 3 is 2.39 bits per heavy atom. The van der Waals surface area contributed by atoms with Crippen molar-refractivity contribution in [2.75, 3.05) is 19.7 Å². The fourth-order valence-corrected chi connectivity index (χ4v) is 2.94. The van der Waals surface area contributed by atoms with Gasteiger partial charge in [-0.25, -0.2) is 0 Å². The highest BCUT2D eigenvalue weighted by Gasteiger charge is 2.36. The van der Waals surface area contributed by atoms with Gasteiger partial charge in [0.25, 0.3) is 0 Å². The van der Waals surface area contributed by atoms with E-state index in [0.717, 1.165) is 11.1 Å². The summed E-state index contributed by atoms with van der Waals surface area (Å²) in [5.41, 5.74) is 7.25. The number of amides is 1. The van der Waals surface area contributed by atoms with Gasteiger partial charge in [-0.15, -0.1) is 0 Å². The van der Waals surface area contributed by atoms with Gasteiger partial charge >= 0.3 is 0 Å². The molecule has 2 unspecified atom stereocenters. The van der Waals surface area contributed by atoms with Crippen LogP contribution in [0, 0.1) is 0 Å². The maximum absolute atomic E-state index is 12.9. The van der Waals surface area contributed by atoms with Gasteiger partial charge < -0.3 is 15.4 Å². The smallest absolute Gasteiger partial charge is 0.247 e. The monoisotopic (exact) mass is 310 g/mol. The van der Waals surface area contributed by atoms with Crippen LogP contribution in [-0.2, 0) is 15.1 Å². The van der Waals surface area contributed by atoms with Crippen molar-refractivity contribution < 1.29 is 9.53 Å². The van der Waals surface area contributed by atoms with Gasteiger partial charge in [0, 0.05) is 6.54 Å². The van der Waals surface area contributed by atoms with Crippen molar-refractivity contribution in [2.45, 2.75) is 18.6 Å².